The van der Waals surface area contributed by atoms with Gasteiger partial charge in [0.1, 0.15) is 0 Å². The highest BCUT2D eigenvalue weighted by Gasteiger charge is 2.31. The van der Waals surface area contributed by atoms with Gasteiger partial charge in [-0.2, -0.15) is 13.2 Å². The summed E-state index contributed by atoms with van der Waals surface area (Å²) in [5.74, 6) is -0.326. The van der Waals surface area contributed by atoms with Gasteiger partial charge in [-0.3, -0.25) is 9.52 Å². The first kappa shape index (κ1) is 20.8. The average molecular weight is 419 g/mol. The molecular weight excluding hydrogens is 405 g/mol. The summed E-state index contributed by atoms with van der Waals surface area (Å²) in [5, 5.41) is 2.22. The Hall–Kier alpha value is -2.52. The maximum Gasteiger partial charge on any atom is 0.416 e. The molecular formula is C17H14ClF3N2O3S. The maximum atomic E-state index is 12.8. The molecule has 1 amide bonds. The summed E-state index contributed by atoms with van der Waals surface area (Å²) < 4.78 is 65.3. The van der Waals surface area contributed by atoms with Crippen molar-refractivity contribution in [3.8, 4) is 0 Å². The fourth-order valence-electron chi connectivity index (χ4n) is 2.00. The third-order valence-corrected chi connectivity index (χ3v) is 5.11. The van der Waals surface area contributed by atoms with Crippen LogP contribution in [0.1, 0.15) is 11.1 Å². The Labute approximate surface area is 158 Å². The molecule has 144 valence electrons. The van der Waals surface area contributed by atoms with Crippen molar-refractivity contribution in [1.29, 1.82) is 0 Å². The lowest BCUT2D eigenvalue weighted by Crippen LogP contribution is -2.14. The number of carbonyl (C=O) groups excluding carboxylic acids is 1. The topological polar surface area (TPSA) is 75.3 Å². The largest absolute Gasteiger partial charge is 0.416 e. The molecule has 0 aromatic heterocycles. The molecule has 0 atom stereocenters. The van der Waals surface area contributed by atoms with Crippen LogP contribution in [0.2, 0.25) is 5.02 Å². The van der Waals surface area contributed by atoms with Crippen molar-refractivity contribution in [3.63, 3.8) is 0 Å². The Morgan fingerprint density at radius 3 is 2.30 bits per heavy atom. The Morgan fingerprint density at radius 2 is 1.74 bits per heavy atom. The number of nitrogens with one attached hydrogen (secondary N) is 2. The van der Waals surface area contributed by atoms with Gasteiger partial charge in [-0.05, 0) is 42.0 Å². The number of amides is 1. The van der Waals surface area contributed by atoms with Gasteiger partial charge in [-0.25, -0.2) is 8.42 Å². The molecule has 0 heterocycles. The van der Waals surface area contributed by atoms with Crippen molar-refractivity contribution < 1.29 is 26.4 Å². The normalized spacial score (nSPS) is 12.2. The van der Waals surface area contributed by atoms with E-state index in [2.05, 4.69) is 10.0 Å². The van der Waals surface area contributed by atoms with Crippen LogP contribution in [-0.4, -0.2) is 21.4 Å². The van der Waals surface area contributed by atoms with Crippen LogP contribution in [0.25, 0.3) is 6.08 Å². The summed E-state index contributed by atoms with van der Waals surface area (Å²) in [5.41, 5.74) is -0.844. The summed E-state index contributed by atoms with van der Waals surface area (Å²) in [7, 11) is -2.69. The molecule has 10 heteroatoms. The van der Waals surface area contributed by atoms with E-state index in [1.54, 1.807) is 0 Å². The van der Waals surface area contributed by atoms with Gasteiger partial charge in [0.2, 0.25) is 5.91 Å². The van der Waals surface area contributed by atoms with Crippen molar-refractivity contribution in [2.75, 3.05) is 11.8 Å². The lowest BCUT2D eigenvalue weighted by molar-refractivity contribution is -0.137. The molecule has 0 saturated heterocycles. The highest BCUT2D eigenvalue weighted by atomic mass is 35.5. The zero-order chi connectivity index (χ0) is 20.2. The number of halogens is 4. The van der Waals surface area contributed by atoms with E-state index < -0.39 is 21.8 Å². The molecule has 0 fully saturated rings. The lowest BCUT2D eigenvalue weighted by Gasteiger charge is -2.13. The highest BCUT2D eigenvalue weighted by molar-refractivity contribution is 7.92. The minimum atomic E-state index is -4.64. The fourth-order valence-corrected chi connectivity index (χ4v) is 3.29. The molecule has 5 nitrogen and oxygen atoms in total. The predicted molar refractivity (Wildman–Crippen MR) is 96.8 cm³/mol. The summed E-state index contributed by atoms with van der Waals surface area (Å²) in [4.78, 5) is 11.0. The molecule has 2 aromatic rings. The van der Waals surface area contributed by atoms with E-state index in [-0.39, 0.29) is 21.5 Å². The van der Waals surface area contributed by atoms with Crippen molar-refractivity contribution >= 4 is 39.3 Å². The first-order valence-corrected chi connectivity index (χ1v) is 9.28. The zero-order valence-corrected chi connectivity index (χ0v) is 15.4. The van der Waals surface area contributed by atoms with Gasteiger partial charge in [0.05, 0.1) is 21.2 Å². The third-order valence-electron chi connectivity index (χ3n) is 3.40. The fraction of sp³-hybridized carbons (Fsp3) is 0.118. The van der Waals surface area contributed by atoms with Crippen LogP contribution >= 0.6 is 11.6 Å². The number of anilines is 1. The molecule has 27 heavy (non-hydrogen) atoms. The van der Waals surface area contributed by atoms with Crippen molar-refractivity contribution in [3.05, 3.63) is 64.7 Å². The standard InChI is InChI=1S/C17H14ClF3N2O3S/c1-22-16(24)9-4-11-2-6-13(7-3-11)27(25,26)23-15-10-12(17(19,20)21)5-8-14(15)18/h2-10,23H,1H3,(H,22,24)/b9-4+. The van der Waals surface area contributed by atoms with E-state index in [9.17, 15) is 26.4 Å². The maximum absolute atomic E-state index is 12.8. The van der Waals surface area contributed by atoms with Gasteiger partial charge >= 0.3 is 6.18 Å². The predicted octanol–water partition coefficient (Wildman–Crippen LogP) is 3.92. The molecule has 0 saturated carbocycles. The molecule has 2 N–H and O–H groups in total. The Balaban J connectivity index is 2.27. The summed E-state index contributed by atoms with van der Waals surface area (Å²) in [6, 6.07) is 7.76. The molecule has 0 unspecified atom stereocenters. The molecule has 2 rings (SSSR count). The van der Waals surface area contributed by atoms with Crippen LogP contribution in [0.5, 0.6) is 0 Å². The number of sulfonamides is 1. The van der Waals surface area contributed by atoms with E-state index >= 15 is 0 Å². The second-order valence-electron chi connectivity index (χ2n) is 5.31. The van der Waals surface area contributed by atoms with Crippen LogP contribution < -0.4 is 10.0 Å². The van der Waals surface area contributed by atoms with Crippen LogP contribution in [0.15, 0.2) is 53.4 Å². The number of benzene rings is 2. The third kappa shape index (κ3) is 5.48. The van der Waals surface area contributed by atoms with Crippen molar-refractivity contribution in [2.45, 2.75) is 11.1 Å². The molecule has 0 aliphatic carbocycles. The lowest BCUT2D eigenvalue weighted by atomic mass is 10.2. The minimum Gasteiger partial charge on any atom is -0.356 e. The van der Waals surface area contributed by atoms with Crippen molar-refractivity contribution in [1.82, 2.24) is 5.32 Å². The second kappa shape index (κ2) is 8.01. The zero-order valence-electron chi connectivity index (χ0n) is 13.8. The van der Waals surface area contributed by atoms with Gasteiger partial charge in [-0.15, -0.1) is 0 Å². The van der Waals surface area contributed by atoms with E-state index in [0.717, 1.165) is 12.1 Å². The average Bonchev–Trinajstić information content (AvgIpc) is 2.60. The molecule has 0 radical (unpaired) electrons. The van der Waals surface area contributed by atoms with E-state index in [4.69, 9.17) is 11.6 Å². The number of rotatable bonds is 5. The Morgan fingerprint density at radius 1 is 1.11 bits per heavy atom. The number of likely N-dealkylation sites (N-methyl/N-ethyl adjacent to an activating group) is 1. The SMILES string of the molecule is CNC(=O)/C=C/c1ccc(S(=O)(=O)Nc2cc(C(F)(F)F)ccc2Cl)cc1. The van der Waals surface area contributed by atoms with Gasteiger partial charge < -0.3 is 5.32 Å². The minimum absolute atomic E-state index is 0.170. The smallest absolute Gasteiger partial charge is 0.356 e. The summed E-state index contributed by atoms with van der Waals surface area (Å²) >= 11 is 5.81. The van der Waals surface area contributed by atoms with Gasteiger partial charge in [-0.1, -0.05) is 23.7 Å². The van der Waals surface area contributed by atoms with Crippen molar-refractivity contribution in [2.24, 2.45) is 0 Å². The number of alkyl halides is 3. The Kier molecular flexibility index (Phi) is 6.17. The van der Waals surface area contributed by atoms with E-state index in [1.807, 2.05) is 0 Å². The van der Waals surface area contributed by atoms with E-state index in [1.165, 1.54) is 43.5 Å². The molecule has 0 bridgehead atoms. The molecule has 0 aliphatic rings. The molecule has 0 spiro atoms. The Bertz CT molecular complexity index is 972. The summed E-state index contributed by atoms with van der Waals surface area (Å²) in [6.45, 7) is 0. The van der Waals surface area contributed by atoms with Gasteiger partial charge in [0, 0.05) is 13.1 Å². The quantitative estimate of drug-likeness (QED) is 0.723. The molecule has 2 aromatic carbocycles. The first-order valence-electron chi connectivity index (χ1n) is 7.42. The molecule has 0 aliphatic heterocycles. The van der Waals surface area contributed by atoms with Gasteiger partial charge in [0.25, 0.3) is 10.0 Å². The van der Waals surface area contributed by atoms with Crippen LogP contribution in [0.3, 0.4) is 0 Å². The van der Waals surface area contributed by atoms with Crippen LogP contribution in [0.4, 0.5) is 18.9 Å². The highest BCUT2D eigenvalue weighted by Crippen LogP contribution is 2.34. The summed E-state index contributed by atoms with van der Waals surface area (Å²) in [6.07, 6.45) is -1.89. The van der Waals surface area contributed by atoms with Crippen LogP contribution in [-0.2, 0) is 21.0 Å². The van der Waals surface area contributed by atoms with E-state index in [0.29, 0.717) is 11.6 Å². The van der Waals surface area contributed by atoms with Crippen LogP contribution in [0, 0.1) is 0 Å². The monoisotopic (exact) mass is 418 g/mol. The number of hydrogen-bond acceptors (Lipinski definition) is 3. The number of carbonyl (C=O) groups is 1. The second-order valence-corrected chi connectivity index (χ2v) is 7.40. The first-order chi connectivity index (χ1) is 12.5. The van der Waals surface area contributed by atoms with Gasteiger partial charge in [0.15, 0.2) is 0 Å². The number of hydrogen-bond donors (Lipinski definition) is 2.